The first-order valence-electron chi connectivity index (χ1n) is 7.05. The van der Waals surface area contributed by atoms with Crippen LogP contribution in [0.15, 0.2) is 42.6 Å². The first-order chi connectivity index (χ1) is 9.61. The summed E-state index contributed by atoms with van der Waals surface area (Å²) in [6.07, 6.45) is 1.99. The quantitative estimate of drug-likeness (QED) is 0.843. The topological polar surface area (TPSA) is 39.1 Å². The van der Waals surface area contributed by atoms with Crippen LogP contribution < -0.4 is 5.32 Å². The minimum atomic E-state index is -0.142. The Hall–Kier alpha value is -1.65. The summed E-state index contributed by atoms with van der Waals surface area (Å²) in [4.78, 5) is 0. The Kier molecular flexibility index (Phi) is 4.93. The van der Waals surface area contributed by atoms with Gasteiger partial charge in [0.2, 0.25) is 0 Å². The van der Waals surface area contributed by atoms with Crippen molar-refractivity contribution in [3.8, 4) is 5.69 Å². The molecule has 4 nitrogen and oxygen atoms in total. The minimum Gasteiger partial charge on any atom is -0.375 e. The van der Waals surface area contributed by atoms with E-state index in [1.807, 2.05) is 54.2 Å². The van der Waals surface area contributed by atoms with Gasteiger partial charge in [0.15, 0.2) is 0 Å². The van der Waals surface area contributed by atoms with Gasteiger partial charge in [0.05, 0.1) is 17.0 Å². The van der Waals surface area contributed by atoms with Gasteiger partial charge >= 0.3 is 0 Å². The van der Waals surface area contributed by atoms with Gasteiger partial charge in [-0.15, -0.1) is 0 Å². The van der Waals surface area contributed by atoms with Gasteiger partial charge in [-0.25, -0.2) is 4.68 Å². The molecule has 4 heteroatoms. The summed E-state index contributed by atoms with van der Waals surface area (Å²) in [5, 5.41) is 7.95. The Morgan fingerprint density at radius 3 is 2.65 bits per heavy atom. The number of hydrogen-bond donors (Lipinski definition) is 1. The van der Waals surface area contributed by atoms with E-state index in [-0.39, 0.29) is 5.60 Å². The van der Waals surface area contributed by atoms with Crippen LogP contribution in [0.4, 0.5) is 0 Å². The molecule has 2 rings (SSSR count). The Bertz CT molecular complexity index is 520. The molecule has 1 aromatic heterocycles. The highest BCUT2D eigenvalue weighted by molar-refractivity contribution is 5.30. The second-order valence-electron chi connectivity index (χ2n) is 5.38. The zero-order valence-corrected chi connectivity index (χ0v) is 12.5. The monoisotopic (exact) mass is 273 g/mol. The van der Waals surface area contributed by atoms with Crippen LogP contribution in [0.1, 0.15) is 26.5 Å². The molecule has 0 unspecified atom stereocenters. The second-order valence-corrected chi connectivity index (χ2v) is 5.38. The van der Waals surface area contributed by atoms with Crippen molar-refractivity contribution in [3.63, 3.8) is 0 Å². The molecule has 2 aromatic rings. The van der Waals surface area contributed by atoms with Gasteiger partial charge in [0, 0.05) is 25.9 Å². The SMILES string of the molecule is CCOC(C)(C)CNCc1ccn(-c2ccccc2)n1. The lowest BCUT2D eigenvalue weighted by Gasteiger charge is -2.24. The van der Waals surface area contributed by atoms with Crippen molar-refractivity contribution in [2.45, 2.75) is 32.9 Å². The lowest BCUT2D eigenvalue weighted by molar-refractivity contribution is -0.00902. The number of nitrogens with zero attached hydrogens (tertiary/aromatic N) is 2. The fraction of sp³-hybridized carbons (Fsp3) is 0.438. The van der Waals surface area contributed by atoms with E-state index in [9.17, 15) is 0 Å². The van der Waals surface area contributed by atoms with Gasteiger partial charge in [-0.3, -0.25) is 0 Å². The van der Waals surface area contributed by atoms with Crippen LogP contribution in [0.3, 0.4) is 0 Å². The molecule has 1 aromatic carbocycles. The number of ether oxygens (including phenoxy) is 1. The highest BCUT2D eigenvalue weighted by Gasteiger charge is 2.16. The molecule has 0 aliphatic rings. The molecule has 0 saturated carbocycles. The van der Waals surface area contributed by atoms with Crippen LogP contribution in [0.2, 0.25) is 0 Å². The third-order valence-electron chi connectivity index (χ3n) is 3.06. The molecule has 20 heavy (non-hydrogen) atoms. The zero-order valence-electron chi connectivity index (χ0n) is 12.5. The van der Waals surface area contributed by atoms with Gasteiger partial charge in [-0.05, 0) is 39.0 Å². The van der Waals surface area contributed by atoms with E-state index in [4.69, 9.17) is 4.74 Å². The molecule has 0 bridgehead atoms. The predicted octanol–water partition coefficient (Wildman–Crippen LogP) is 2.78. The van der Waals surface area contributed by atoms with E-state index in [1.165, 1.54) is 0 Å². The largest absolute Gasteiger partial charge is 0.375 e. The van der Waals surface area contributed by atoms with E-state index >= 15 is 0 Å². The molecule has 0 saturated heterocycles. The maximum Gasteiger partial charge on any atom is 0.0766 e. The van der Waals surface area contributed by atoms with Gasteiger partial charge in [0.1, 0.15) is 0 Å². The zero-order chi connectivity index (χ0) is 14.4. The number of para-hydroxylation sites is 1. The lowest BCUT2D eigenvalue weighted by atomic mass is 10.1. The smallest absolute Gasteiger partial charge is 0.0766 e. The average molecular weight is 273 g/mol. The van der Waals surface area contributed by atoms with Gasteiger partial charge in [0.25, 0.3) is 0 Å². The van der Waals surface area contributed by atoms with Crippen LogP contribution in [-0.4, -0.2) is 28.5 Å². The van der Waals surface area contributed by atoms with Crippen molar-refractivity contribution in [2.75, 3.05) is 13.2 Å². The van der Waals surface area contributed by atoms with Crippen molar-refractivity contribution in [3.05, 3.63) is 48.3 Å². The molecule has 0 atom stereocenters. The number of nitrogens with one attached hydrogen (secondary N) is 1. The van der Waals surface area contributed by atoms with Gasteiger partial charge in [-0.2, -0.15) is 5.10 Å². The predicted molar refractivity (Wildman–Crippen MR) is 81.0 cm³/mol. The van der Waals surface area contributed by atoms with Crippen LogP contribution in [0.25, 0.3) is 5.69 Å². The van der Waals surface area contributed by atoms with E-state index in [2.05, 4.69) is 24.3 Å². The molecule has 1 N–H and O–H groups in total. The molecular weight excluding hydrogens is 250 g/mol. The van der Waals surface area contributed by atoms with E-state index in [0.717, 1.165) is 31.1 Å². The van der Waals surface area contributed by atoms with Crippen LogP contribution in [0.5, 0.6) is 0 Å². The van der Waals surface area contributed by atoms with Crippen molar-refractivity contribution < 1.29 is 4.74 Å². The summed E-state index contributed by atoms with van der Waals surface area (Å²) in [5.74, 6) is 0. The molecule has 0 amide bonds. The van der Waals surface area contributed by atoms with E-state index in [0.29, 0.717) is 0 Å². The van der Waals surface area contributed by atoms with Gasteiger partial charge < -0.3 is 10.1 Å². The Balaban J connectivity index is 1.88. The molecule has 1 heterocycles. The summed E-state index contributed by atoms with van der Waals surface area (Å²) in [7, 11) is 0. The Morgan fingerprint density at radius 2 is 1.95 bits per heavy atom. The lowest BCUT2D eigenvalue weighted by Crippen LogP contribution is -2.37. The van der Waals surface area contributed by atoms with Crippen molar-refractivity contribution >= 4 is 0 Å². The fourth-order valence-corrected chi connectivity index (χ4v) is 2.11. The minimum absolute atomic E-state index is 0.142. The summed E-state index contributed by atoms with van der Waals surface area (Å²) in [6.45, 7) is 8.48. The third kappa shape index (κ3) is 4.18. The molecule has 0 fully saturated rings. The van der Waals surface area contributed by atoms with Crippen LogP contribution in [-0.2, 0) is 11.3 Å². The maximum absolute atomic E-state index is 5.65. The van der Waals surface area contributed by atoms with Crippen molar-refractivity contribution in [1.29, 1.82) is 0 Å². The first kappa shape index (κ1) is 14.8. The fourth-order valence-electron chi connectivity index (χ4n) is 2.11. The summed E-state index contributed by atoms with van der Waals surface area (Å²) < 4.78 is 7.55. The number of aromatic nitrogens is 2. The highest BCUT2D eigenvalue weighted by atomic mass is 16.5. The summed E-state index contributed by atoms with van der Waals surface area (Å²) in [5.41, 5.74) is 1.96. The first-order valence-corrected chi connectivity index (χ1v) is 7.05. The normalized spacial score (nSPS) is 11.8. The van der Waals surface area contributed by atoms with Crippen molar-refractivity contribution in [1.82, 2.24) is 15.1 Å². The summed E-state index contributed by atoms with van der Waals surface area (Å²) >= 11 is 0. The number of benzene rings is 1. The van der Waals surface area contributed by atoms with Crippen LogP contribution >= 0.6 is 0 Å². The molecule has 0 aliphatic carbocycles. The molecule has 0 radical (unpaired) electrons. The van der Waals surface area contributed by atoms with E-state index in [1.54, 1.807) is 0 Å². The van der Waals surface area contributed by atoms with Gasteiger partial charge in [-0.1, -0.05) is 18.2 Å². The second kappa shape index (κ2) is 6.68. The molecular formula is C16H23N3O. The molecule has 108 valence electrons. The highest BCUT2D eigenvalue weighted by Crippen LogP contribution is 2.09. The number of hydrogen-bond acceptors (Lipinski definition) is 3. The Morgan fingerprint density at radius 1 is 1.20 bits per heavy atom. The van der Waals surface area contributed by atoms with E-state index < -0.39 is 0 Å². The molecule has 0 spiro atoms. The standard InChI is InChI=1S/C16H23N3O/c1-4-20-16(2,3)13-17-12-14-10-11-19(18-14)15-8-6-5-7-9-15/h5-11,17H,4,12-13H2,1-3H3. The van der Waals surface area contributed by atoms with Crippen molar-refractivity contribution in [2.24, 2.45) is 0 Å². The average Bonchev–Trinajstić information content (AvgIpc) is 2.88. The van der Waals surface area contributed by atoms with Crippen LogP contribution in [0, 0.1) is 0 Å². The molecule has 0 aliphatic heterocycles. The number of rotatable bonds is 7. The Labute approximate surface area is 120 Å². The summed E-state index contributed by atoms with van der Waals surface area (Å²) in [6, 6.07) is 12.2. The third-order valence-corrected chi connectivity index (χ3v) is 3.06. The maximum atomic E-state index is 5.65.